The van der Waals surface area contributed by atoms with Gasteiger partial charge in [-0.2, -0.15) is 0 Å². The number of hydrogen-bond donors (Lipinski definition) is 2. The summed E-state index contributed by atoms with van der Waals surface area (Å²) in [6.07, 6.45) is 2.51. The number of aromatic nitrogens is 2. The predicted octanol–water partition coefficient (Wildman–Crippen LogP) is 1.67. The van der Waals surface area contributed by atoms with Gasteiger partial charge in [0, 0.05) is 24.6 Å². The second kappa shape index (κ2) is 3.72. The van der Waals surface area contributed by atoms with E-state index in [-0.39, 0.29) is 6.61 Å². The summed E-state index contributed by atoms with van der Waals surface area (Å²) in [5, 5.41) is 11.7. The van der Waals surface area contributed by atoms with E-state index in [4.69, 9.17) is 5.11 Å². The molecule has 0 aromatic carbocycles. The summed E-state index contributed by atoms with van der Waals surface area (Å²) in [7, 11) is 0. The van der Waals surface area contributed by atoms with Crippen LogP contribution in [-0.4, -0.2) is 21.7 Å². The molecule has 2 aromatic rings. The van der Waals surface area contributed by atoms with Gasteiger partial charge in [-0.05, 0) is 12.1 Å². The molecule has 0 amide bonds. The smallest absolute Gasteiger partial charge is 0.139 e. The molecule has 0 aliphatic heterocycles. The van der Waals surface area contributed by atoms with Crippen LogP contribution in [0.4, 0.5) is 0 Å². The summed E-state index contributed by atoms with van der Waals surface area (Å²) in [6.45, 7) is 0.161. The number of thiazole rings is 1. The van der Waals surface area contributed by atoms with Gasteiger partial charge in [-0.1, -0.05) is 0 Å². The van der Waals surface area contributed by atoms with Gasteiger partial charge in [0.25, 0.3) is 0 Å². The first-order chi connectivity index (χ1) is 6.40. The van der Waals surface area contributed by atoms with Gasteiger partial charge < -0.3 is 10.1 Å². The molecule has 0 aliphatic rings. The number of nitrogens with one attached hydrogen (secondary N) is 1. The topological polar surface area (TPSA) is 48.9 Å². The van der Waals surface area contributed by atoms with Crippen LogP contribution in [0, 0.1) is 0 Å². The molecule has 0 saturated heterocycles. The summed E-state index contributed by atoms with van der Waals surface area (Å²) in [4.78, 5) is 7.46. The quantitative estimate of drug-likeness (QED) is 0.781. The fraction of sp³-hybridized carbons (Fsp3) is 0.222. The fourth-order valence-electron chi connectivity index (χ4n) is 1.12. The minimum absolute atomic E-state index is 0.161. The maximum absolute atomic E-state index is 8.72. The summed E-state index contributed by atoms with van der Waals surface area (Å²) >= 11 is 1.59. The average molecular weight is 194 g/mol. The zero-order chi connectivity index (χ0) is 9.10. The molecule has 0 spiro atoms. The molecular weight excluding hydrogens is 184 g/mol. The van der Waals surface area contributed by atoms with Crippen LogP contribution in [0.15, 0.2) is 23.7 Å². The average Bonchev–Trinajstić information content (AvgIpc) is 2.70. The Morgan fingerprint density at radius 3 is 3.15 bits per heavy atom. The molecule has 0 radical (unpaired) electrons. The van der Waals surface area contributed by atoms with E-state index >= 15 is 0 Å². The number of H-pyrrole nitrogens is 1. The third-order valence-corrected chi connectivity index (χ3v) is 2.67. The SMILES string of the molecule is OCCc1csc(-c2ccc[nH]2)n1. The van der Waals surface area contributed by atoms with Crippen LogP contribution in [0.25, 0.3) is 10.7 Å². The third-order valence-electron chi connectivity index (χ3n) is 1.75. The number of rotatable bonds is 3. The Morgan fingerprint density at radius 2 is 2.46 bits per heavy atom. The van der Waals surface area contributed by atoms with Crippen LogP contribution in [0.3, 0.4) is 0 Å². The monoisotopic (exact) mass is 194 g/mol. The van der Waals surface area contributed by atoms with Gasteiger partial charge in [0.1, 0.15) is 5.01 Å². The molecule has 0 bridgehead atoms. The van der Waals surface area contributed by atoms with Gasteiger partial charge in [-0.25, -0.2) is 4.98 Å². The fourth-order valence-corrected chi connectivity index (χ4v) is 1.97. The van der Waals surface area contributed by atoms with Crippen molar-refractivity contribution in [1.82, 2.24) is 9.97 Å². The first kappa shape index (κ1) is 8.47. The van der Waals surface area contributed by atoms with E-state index in [9.17, 15) is 0 Å². The normalized spacial score (nSPS) is 10.5. The summed E-state index contributed by atoms with van der Waals surface area (Å²) in [5.41, 5.74) is 1.99. The zero-order valence-electron chi connectivity index (χ0n) is 7.03. The van der Waals surface area contributed by atoms with E-state index in [1.54, 1.807) is 11.3 Å². The van der Waals surface area contributed by atoms with Gasteiger partial charge in [-0.15, -0.1) is 11.3 Å². The maximum atomic E-state index is 8.72. The second-order valence-electron chi connectivity index (χ2n) is 2.70. The van der Waals surface area contributed by atoms with Crippen molar-refractivity contribution in [2.75, 3.05) is 6.61 Å². The van der Waals surface area contributed by atoms with Gasteiger partial charge in [0.2, 0.25) is 0 Å². The number of aromatic amines is 1. The summed E-state index contributed by atoms with van der Waals surface area (Å²) < 4.78 is 0. The van der Waals surface area contributed by atoms with Crippen molar-refractivity contribution in [3.8, 4) is 10.7 Å². The van der Waals surface area contributed by atoms with Crippen LogP contribution in [-0.2, 0) is 6.42 Å². The Balaban J connectivity index is 2.23. The van der Waals surface area contributed by atoms with Gasteiger partial charge in [0.05, 0.1) is 11.4 Å². The van der Waals surface area contributed by atoms with Crippen molar-refractivity contribution in [3.05, 3.63) is 29.4 Å². The van der Waals surface area contributed by atoms with Crippen LogP contribution in [0.2, 0.25) is 0 Å². The van der Waals surface area contributed by atoms with Crippen molar-refractivity contribution < 1.29 is 5.11 Å². The van der Waals surface area contributed by atoms with E-state index in [1.165, 1.54) is 0 Å². The number of nitrogens with zero attached hydrogens (tertiary/aromatic N) is 1. The van der Waals surface area contributed by atoms with Gasteiger partial charge in [-0.3, -0.25) is 0 Å². The molecule has 0 unspecified atom stereocenters. The maximum Gasteiger partial charge on any atom is 0.139 e. The molecule has 68 valence electrons. The van der Waals surface area contributed by atoms with E-state index in [1.807, 2.05) is 23.7 Å². The lowest BCUT2D eigenvalue weighted by molar-refractivity contribution is 0.298. The molecule has 0 atom stereocenters. The standard InChI is InChI=1S/C9H10N2OS/c12-5-3-7-6-13-9(11-7)8-2-1-4-10-8/h1-2,4,6,10,12H,3,5H2. The molecule has 0 aliphatic carbocycles. The third kappa shape index (κ3) is 1.79. The highest BCUT2D eigenvalue weighted by Gasteiger charge is 2.03. The van der Waals surface area contributed by atoms with E-state index in [2.05, 4.69) is 9.97 Å². The Bertz CT molecular complexity index is 367. The largest absolute Gasteiger partial charge is 0.396 e. The van der Waals surface area contributed by atoms with Crippen molar-refractivity contribution in [1.29, 1.82) is 0 Å². The van der Waals surface area contributed by atoms with E-state index in [0.717, 1.165) is 16.4 Å². The Kier molecular flexibility index (Phi) is 2.42. The van der Waals surface area contributed by atoms with Crippen LogP contribution in [0.5, 0.6) is 0 Å². The molecule has 2 heterocycles. The summed E-state index contributed by atoms with van der Waals surface area (Å²) in [6, 6.07) is 3.93. The van der Waals surface area contributed by atoms with Crippen molar-refractivity contribution in [3.63, 3.8) is 0 Å². The second-order valence-corrected chi connectivity index (χ2v) is 3.56. The number of aliphatic hydroxyl groups is 1. The summed E-state index contributed by atoms with van der Waals surface area (Å²) in [5.74, 6) is 0. The van der Waals surface area contributed by atoms with Crippen LogP contribution < -0.4 is 0 Å². The molecule has 2 rings (SSSR count). The Labute approximate surface area is 80.1 Å². The van der Waals surface area contributed by atoms with Crippen LogP contribution in [0.1, 0.15) is 5.69 Å². The first-order valence-electron chi connectivity index (χ1n) is 4.09. The molecule has 2 aromatic heterocycles. The highest BCUT2D eigenvalue weighted by atomic mass is 32.1. The minimum atomic E-state index is 0.161. The molecule has 3 nitrogen and oxygen atoms in total. The van der Waals surface area contributed by atoms with E-state index < -0.39 is 0 Å². The zero-order valence-corrected chi connectivity index (χ0v) is 7.84. The van der Waals surface area contributed by atoms with Gasteiger partial charge in [0.15, 0.2) is 0 Å². The minimum Gasteiger partial charge on any atom is -0.396 e. The molecule has 2 N–H and O–H groups in total. The molecular formula is C9H10N2OS. The van der Waals surface area contributed by atoms with Gasteiger partial charge >= 0.3 is 0 Å². The first-order valence-corrected chi connectivity index (χ1v) is 4.97. The highest BCUT2D eigenvalue weighted by Crippen LogP contribution is 2.21. The predicted molar refractivity (Wildman–Crippen MR) is 52.7 cm³/mol. The lowest BCUT2D eigenvalue weighted by Gasteiger charge is -1.89. The molecule has 13 heavy (non-hydrogen) atoms. The van der Waals surface area contributed by atoms with Crippen molar-refractivity contribution >= 4 is 11.3 Å². The Hall–Kier alpha value is -1.13. The van der Waals surface area contributed by atoms with E-state index in [0.29, 0.717) is 6.42 Å². The van der Waals surface area contributed by atoms with Crippen LogP contribution >= 0.6 is 11.3 Å². The number of hydrogen-bond acceptors (Lipinski definition) is 3. The molecule has 4 heteroatoms. The van der Waals surface area contributed by atoms with Crippen molar-refractivity contribution in [2.45, 2.75) is 6.42 Å². The number of aliphatic hydroxyl groups excluding tert-OH is 1. The lowest BCUT2D eigenvalue weighted by atomic mass is 10.3. The van der Waals surface area contributed by atoms with Crippen molar-refractivity contribution in [2.24, 2.45) is 0 Å². The highest BCUT2D eigenvalue weighted by molar-refractivity contribution is 7.13. The molecule has 0 fully saturated rings. The Morgan fingerprint density at radius 1 is 1.54 bits per heavy atom. The molecule has 0 saturated carbocycles. The lowest BCUT2D eigenvalue weighted by Crippen LogP contribution is -1.90.